The third-order valence-corrected chi connectivity index (χ3v) is 3.51. The number of hydrogen-bond donors (Lipinski definition) is 1. The molecule has 3 rings (SSSR count). The molecule has 6 nitrogen and oxygen atoms in total. The van der Waals surface area contributed by atoms with Crippen molar-refractivity contribution in [3.05, 3.63) is 47.7 Å². The summed E-state index contributed by atoms with van der Waals surface area (Å²) in [7, 11) is 1.61. The van der Waals surface area contributed by atoms with Crippen LogP contribution in [0.2, 0.25) is 0 Å². The SMILES string of the molecule is COc1ccc(-c2nc(CO)c(COC3=CCCCO3)o2)cc1. The first kappa shape index (κ1) is 15.4. The maximum Gasteiger partial charge on any atom is 0.275 e. The van der Waals surface area contributed by atoms with Crippen LogP contribution >= 0.6 is 0 Å². The molecule has 1 N–H and O–H groups in total. The van der Waals surface area contributed by atoms with Crippen LogP contribution in [0.15, 0.2) is 40.7 Å². The van der Waals surface area contributed by atoms with Crippen LogP contribution in [0.25, 0.3) is 11.5 Å². The summed E-state index contributed by atoms with van der Waals surface area (Å²) in [5.41, 5.74) is 1.27. The zero-order chi connectivity index (χ0) is 16.1. The number of aliphatic hydroxyl groups excluding tert-OH is 1. The summed E-state index contributed by atoms with van der Waals surface area (Å²) in [6.07, 6.45) is 3.84. The van der Waals surface area contributed by atoms with E-state index in [1.54, 1.807) is 7.11 Å². The number of allylic oxidation sites excluding steroid dienone is 1. The predicted octanol–water partition coefficient (Wildman–Crippen LogP) is 3.01. The van der Waals surface area contributed by atoms with E-state index in [-0.39, 0.29) is 13.2 Å². The van der Waals surface area contributed by atoms with E-state index in [1.807, 2.05) is 30.3 Å². The quantitative estimate of drug-likeness (QED) is 0.883. The predicted molar refractivity (Wildman–Crippen MR) is 82.5 cm³/mol. The maximum atomic E-state index is 9.45. The number of hydrogen-bond acceptors (Lipinski definition) is 6. The van der Waals surface area contributed by atoms with Gasteiger partial charge in [-0.1, -0.05) is 0 Å². The summed E-state index contributed by atoms with van der Waals surface area (Å²) < 4.78 is 21.8. The molecule has 0 aliphatic carbocycles. The fraction of sp³-hybridized carbons (Fsp3) is 0.353. The Balaban J connectivity index is 1.75. The molecule has 1 aliphatic heterocycles. The molecule has 0 bridgehead atoms. The minimum Gasteiger partial charge on any atom is -0.497 e. The Morgan fingerprint density at radius 1 is 1.26 bits per heavy atom. The number of nitrogens with zero attached hydrogens (tertiary/aromatic N) is 1. The van der Waals surface area contributed by atoms with E-state index in [2.05, 4.69) is 4.98 Å². The molecular weight excluding hydrogens is 298 g/mol. The average molecular weight is 317 g/mol. The van der Waals surface area contributed by atoms with Gasteiger partial charge in [-0.3, -0.25) is 0 Å². The molecular formula is C17H19NO5. The van der Waals surface area contributed by atoms with Crippen molar-refractivity contribution in [3.63, 3.8) is 0 Å². The lowest BCUT2D eigenvalue weighted by atomic mass is 10.2. The van der Waals surface area contributed by atoms with Crippen LogP contribution in [0, 0.1) is 0 Å². The van der Waals surface area contributed by atoms with E-state index >= 15 is 0 Å². The second kappa shape index (κ2) is 7.19. The molecule has 0 saturated carbocycles. The van der Waals surface area contributed by atoms with Crippen LogP contribution in [0.5, 0.6) is 5.75 Å². The molecule has 0 spiro atoms. The zero-order valence-corrected chi connectivity index (χ0v) is 12.9. The van der Waals surface area contributed by atoms with Crippen LogP contribution < -0.4 is 4.74 Å². The fourth-order valence-corrected chi connectivity index (χ4v) is 2.25. The van der Waals surface area contributed by atoms with E-state index in [4.69, 9.17) is 18.6 Å². The maximum absolute atomic E-state index is 9.45. The van der Waals surface area contributed by atoms with Crippen LogP contribution in [0.4, 0.5) is 0 Å². The second-order valence-corrected chi connectivity index (χ2v) is 5.08. The topological polar surface area (TPSA) is 74.0 Å². The smallest absolute Gasteiger partial charge is 0.275 e. The van der Waals surface area contributed by atoms with E-state index in [0.29, 0.717) is 29.9 Å². The highest BCUT2D eigenvalue weighted by molar-refractivity contribution is 5.55. The van der Waals surface area contributed by atoms with Gasteiger partial charge < -0.3 is 23.7 Å². The van der Waals surface area contributed by atoms with Crippen molar-refractivity contribution >= 4 is 0 Å². The Kier molecular flexibility index (Phi) is 4.83. The van der Waals surface area contributed by atoms with E-state index < -0.39 is 0 Å². The molecule has 1 aromatic carbocycles. The molecule has 2 heterocycles. The van der Waals surface area contributed by atoms with Crippen molar-refractivity contribution in [2.45, 2.75) is 26.1 Å². The molecule has 23 heavy (non-hydrogen) atoms. The molecule has 2 aromatic rings. The summed E-state index contributed by atoms with van der Waals surface area (Å²) in [5, 5.41) is 9.45. The highest BCUT2D eigenvalue weighted by Gasteiger charge is 2.16. The van der Waals surface area contributed by atoms with Crippen molar-refractivity contribution < 1.29 is 23.7 Å². The van der Waals surface area contributed by atoms with Crippen molar-refractivity contribution in [1.82, 2.24) is 4.98 Å². The lowest BCUT2D eigenvalue weighted by Crippen LogP contribution is -2.05. The molecule has 6 heteroatoms. The van der Waals surface area contributed by atoms with Gasteiger partial charge in [-0.05, 0) is 43.2 Å². The van der Waals surface area contributed by atoms with Gasteiger partial charge in [0.05, 0.1) is 20.3 Å². The molecule has 1 aromatic heterocycles. The summed E-state index contributed by atoms with van der Waals surface area (Å²) in [5.74, 6) is 2.19. The third-order valence-electron chi connectivity index (χ3n) is 3.51. The Morgan fingerprint density at radius 2 is 2.09 bits per heavy atom. The Bertz CT molecular complexity index is 675. The molecule has 0 saturated heterocycles. The van der Waals surface area contributed by atoms with Gasteiger partial charge in [-0.15, -0.1) is 0 Å². The second-order valence-electron chi connectivity index (χ2n) is 5.08. The van der Waals surface area contributed by atoms with Gasteiger partial charge in [0.15, 0.2) is 12.4 Å². The number of aliphatic hydroxyl groups is 1. The molecule has 0 atom stereocenters. The number of benzene rings is 1. The summed E-state index contributed by atoms with van der Waals surface area (Å²) >= 11 is 0. The molecule has 1 aliphatic rings. The van der Waals surface area contributed by atoms with Crippen molar-refractivity contribution in [2.24, 2.45) is 0 Å². The lowest BCUT2D eigenvalue weighted by Gasteiger charge is -2.14. The monoisotopic (exact) mass is 317 g/mol. The summed E-state index contributed by atoms with van der Waals surface area (Å²) in [4.78, 5) is 4.32. The molecule has 122 valence electrons. The Morgan fingerprint density at radius 3 is 2.74 bits per heavy atom. The minimum atomic E-state index is -0.210. The average Bonchev–Trinajstić information content (AvgIpc) is 3.04. The van der Waals surface area contributed by atoms with Crippen LogP contribution in [-0.2, 0) is 22.7 Å². The van der Waals surface area contributed by atoms with E-state index in [1.165, 1.54) is 0 Å². The largest absolute Gasteiger partial charge is 0.497 e. The lowest BCUT2D eigenvalue weighted by molar-refractivity contribution is 0.0114. The number of ether oxygens (including phenoxy) is 3. The first-order valence-corrected chi connectivity index (χ1v) is 7.50. The highest BCUT2D eigenvalue weighted by Crippen LogP contribution is 2.25. The van der Waals surface area contributed by atoms with Gasteiger partial charge in [-0.2, -0.15) is 0 Å². The van der Waals surface area contributed by atoms with Crippen LogP contribution in [0.1, 0.15) is 24.3 Å². The minimum absolute atomic E-state index is 0.172. The van der Waals surface area contributed by atoms with Crippen molar-refractivity contribution in [2.75, 3.05) is 13.7 Å². The van der Waals surface area contributed by atoms with Gasteiger partial charge in [0.1, 0.15) is 11.4 Å². The van der Waals surface area contributed by atoms with E-state index in [9.17, 15) is 5.11 Å². The first-order valence-electron chi connectivity index (χ1n) is 7.50. The van der Waals surface area contributed by atoms with Crippen molar-refractivity contribution in [3.8, 4) is 17.2 Å². The first-order chi connectivity index (χ1) is 11.3. The fourth-order valence-electron chi connectivity index (χ4n) is 2.25. The highest BCUT2D eigenvalue weighted by atomic mass is 16.7. The van der Waals surface area contributed by atoms with Gasteiger partial charge in [-0.25, -0.2) is 4.98 Å². The summed E-state index contributed by atoms with van der Waals surface area (Å²) in [6.45, 7) is 0.620. The van der Waals surface area contributed by atoms with Crippen LogP contribution in [-0.4, -0.2) is 23.8 Å². The standard InChI is InChI=1S/C17H19NO5/c1-20-13-7-5-12(6-8-13)17-18-14(10-19)15(23-17)11-22-16-4-2-3-9-21-16/h4-8,19H,2-3,9-11H2,1H3. The third kappa shape index (κ3) is 3.65. The Labute approximate surface area is 134 Å². The number of oxazole rings is 1. The Hall–Kier alpha value is -2.47. The number of aromatic nitrogens is 1. The molecule has 0 unspecified atom stereocenters. The van der Waals surface area contributed by atoms with Gasteiger partial charge in [0.25, 0.3) is 5.95 Å². The van der Waals surface area contributed by atoms with Crippen LogP contribution in [0.3, 0.4) is 0 Å². The van der Waals surface area contributed by atoms with Gasteiger partial charge >= 0.3 is 0 Å². The molecule has 0 amide bonds. The molecule has 0 radical (unpaired) electrons. The van der Waals surface area contributed by atoms with Gasteiger partial charge in [0.2, 0.25) is 5.89 Å². The zero-order valence-electron chi connectivity index (χ0n) is 12.9. The molecule has 0 fully saturated rings. The number of methoxy groups -OCH3 is 1. The van der Waals surface area contributed by atoms with Gasteiger partial charge in [0, 0.05) is 5.56 Å². The summed E-state index contributed by atoms with van der Waals surface area (Å²) in [6, 6.07) is 7.36. The number of rotatable bonds is 6. The van der Waals surface area contributed by atoms with Crippen molar-refractivity contribution in [1.29, 1.82) is 0 Å². The van der Waals surface area contributed by atoms with E-state index in [0.717, 1.165) is 24.2 Å². The normalized spacial score (nSPS) is 14.1.